The maximum atomic E-state index is 11.4. The van der Waals surface area contributed by atoms with Crippen molar-refractivity contribution in [3.05, 3.63) is 35.9 Å². The maximum Gasteiger partial charge on any atom is 0.151 e. The summed E-state index contributed by atoms with van der Waals surface area (Å²) >= 11 is 0. The van der Waals surface area contributed by atoms with Gasteiger partial charge in [0.15, 0.2) is 9.84 Å². The largest absolute Gasteiger partial charge is 0.313 e. The molecular formula is C16H27NO2S. The van der Waals surface area contributed by atoms with Crippen LogP contribution in [0.3, 0.4) is 0 Å². The minimum Gasteiger partial charge on any atom is -0.313 e. The van der Waals surface area contributed by atoms with Crippen molar-refractivity contribution >= 4 is 9.84 Å². The fourth-order valence-corrected chi connectivity index (χ4v) is 3.17. The molecule has 0 aromatic heterocycles. The molecule has 3 nitrogen and oxygen atoms in total. The summed E-state index contributed by atoms with van der Waals surface area (Å²) in [6.07, 6.45) is 0.975. The molecule has 20 heavy (non-hydrogen) atoms. The second kappa shape index (κ2) is 7.23. The van der Waals surface area contributed by atoms with Crippen molar-refractivity contribution in [3.8, 4) is 0 Å². The molecule has 0 spiro atoms. The molecule has 0 fully saturated rings. The number of rotatable bonds is 8. The Kier molecular flexibility index (Phi) is 6.21. The first-order valence-corrected chi connectivity index (χ1v) is 9.08. The van der Waals surface area contributed by atoms with Gasteiger partial charge < -0.3 is 5.32 Å². The zero-order valence-corrected chi connectivity index (χ0v) is 13.8. The third kappa shape index (κ3) is 5.63. The molecule has 0 bridgehead atoms. The van der Waals surface area contributed by atoms with Gasteiger partial charge in [0.1, 0.15) is 0 Å². The molecule has 0 aliphatic rings. The van der Waals surface area contributed by atoms with E-state index in [1.165, 1.54) is 5.56 Å². The minimum absolute atomic E-state index is 0.0807. The zero-order valence-electron chi connectivity index (χ0n) is 13.0. The SMILES string of the molecule is CCS(=O)(=O)CCNC(C)CC(C)(C)c1ccccc1. The molecule has 114 valence electrons. The highest BCUT2D eigenvalue weighted by Crippen LogP contribution is 2.27. The summed E-state index contributed by atoms with van der Waals surface area (Å²) in [5, 5.41) is 3.32. The van der Waals surface area contributed by atoms with E-state index in [1.54, 1.807) is 6.92 Å². The first-order chi connectivity index (χ1) is 9.27. The van der Waals surface area contributed by atoms with Crippen LogP contribution in [0, 0.1) is 0 Å². The van der Waals surface area contributed by atoms with E-state index >= 15 is 0 Å². The Bertz CT molecular complexity index is 494. The molecule has 0 saturated heterocycles. The Morgan fingerprint density at radius 2 is 1.80 bits per heavy atom. The highest BCUT2D eigenvalue weighted by Gasteiger charge is 2.23. The van der Waals surface area contributed by atoms with Crippen LogP contribution >= 0.6 is 0 Å². The molecule has 1 aromatic carbocycles. The molecule has 1 atom stereocenters. The lowest BCUT2D eigenvalue weighted by Crippen LogP contribution is -2.36. The Balaban J connectivity index is 2.48. The van der Waals surface area contributed by atoms with Crippen LogP contribution in [0.15, 0.2) is 30.3 Å². The molecular weight excluding hydrogens is 270 g/mol. The molecule has 0 radical (unpaired) electrons. The predicted octanol–water partition coefficient (Wildman–Crippen LogP) is 2.77. The Hall–Kier alpha value is -0.870. The maximum absolute atomic E-state index is 11.4. The first kappa shape index (κ1) is 17.2. The van der Waals surface area contributed by atoms with Crippen molar-refractivity contribution in [1.82, 2.24) is 5.32 Å². The van der Waals surface area contributed by atoms with E-state index in [4.69, 9.17) is 0 Å². The van der Waals surface area contributed by atoms with Crippen molar-refractivity contribution in [2.75, 3.05) is 18.1 Å². The summed E-state index contributed by atoms with van der Waals surface area (Å²) in [4.78, 5) is 0. The zero-order chi connectivity index (χ0) is 15.2. The van der Waals surface area contributed by atoms with Crippen LogP contribution in [-0.2, 0) is 15.3 Å². The molecule has 4 heteroatoms. The highest BCUT2D eigenvalue weighted by atomic mass is 32.2. The third-order valence-corrected chi connectivity index (χ3v) is 5.42. The van der Waals surface area contributed by atoms with Gasteiger partial charge in [0.25, 0.3) is 0 Å². The molecule has 0 saturated carbocycles. The lowest BCUT2D eigenvalue weighted by molar-refractivity contribution is 0.394. The van der Waals surface area contributed by atoms with Crippen LogP contribution in [0.2, 0.25) is 0 Å². The van der Waals surface area contributed by atoms with Crippen molar-refractivity contribution in [2.45, 2.75) is 45.6 Å². The lowest BCUT2D eigenvalue weighted by Gasteiger charge is -2.29. The summed E-state index contributed by atoms with van der Waals surface area (Å²) < 4.78 is 22.9. The average Bonchev–Trinajstić information content (AvgIpc) is 2.39. The quantitative estimate of drug-likeness (QED) is 0.802. The number of sulfone groups is 1. The average molecular weight is 297 g/mol. The number of hydrogen-bond acceptors (Lipinski definition) is 3. The van der Waals surface area contributed by atoms with Crippen LogP contribution < -0.4 is 5.32 Å². The van der Waals surface area contributed by atoms with E-state index in [9.17, 15) is 8.42 Å². The van der Waals surface area contributed by atoms with Gasteiger partial charge in [0.05, 0.1) is 5.75 Å². The van der Waals surface area contributed by atoms with Crippen LogP contribution in [0.4, 0.5) is 0 Å². The van der Waals surface area contributed by atoms with E-state index in [1.807, 2.05) is 6.07 Å². The predicted molar refractivity (Wildman–Crippen MR) is 85.9 cm³/mol. The van der Waals surface area contributed by atoms with Gasteiger partial charge in [-0.2, -0.15) is 0 Å². The fraction of sp³-hybridized carbons (Fsp3) is 0.625. The van der Waals surface area contributed by atoms with Crippen LogP contribution in [-0.4, -0.2) is 32.5 Å². The van der Waals surface area contributed by atoms with Gasteiger partial charge in [-0.25, -0.2) is 8.42 Å². The smallest absolute Gasteiger partial charge is 0.151 e. The molecule has 1 aromatic rings. The molecule has 1 rings (SSSR count). The molecule has 0 amide bonds. The van der Waals surface area contributed by atoms with Gasteiger partial charge in [-0.15, -0.1) is 0 Å². The van der Waals surface area contributed by atoms with Crippen molar-refractivity contribution in [3.63, 3.8) is 0 Å². The van der Waals surface area contributed by atoms with E-state index < -0.39 is 9.84 Å². The summed E-state index contributed by atoms with van der Waals surface area (Å²) in [5.74, 6) is 0.443. The third-order valence-electron chi connectivity index (χ3n) is 3.72. The summed E-state index contributed by atoms with van der Waals surface area (Å²) in [5.41, 5.74) is 1.40. The first-order valence-electron chi connectivity index (χ1n) is 7.26. The van der Waals surface area contributed by atoms with E-state index in [-0.39, 0.29) is 23.0 Å². The number of nitrogens with one attached hydrogen (secondary N) is 1. The van der Waals surface area contributed by atoms with Gasteiger partial charge in [0.2, 0.25) is 0 Å². The van der Waals surface area contributed by atoms with Crippen LogP contribution in [0.5, 0.6) is 0 Å². The monoisotopic (exact) mass is 297 g/mol. The molecule has 0 heterocycles. The topological polar surface area (TPSA) is 46.2 Å². The second-order valence-corrected chi connectivity index (χ2v) is 8.52. The molecule has 1 N–H and O–H groups in total. The van der Waals surface area contributed by atoms with E-state index in [0.29, 0.717) is 6.54 Å². The van der Waals surface area contributed by atoms with Crippen LogP contribution in [0.25, 0.3) is 0 Å². The van der Waals surface area contributed by atoms with Crippen molar-refractivity contribution in [2.24, 2.45) is 0 Å². The Labute approximate surface area is 123 Å². The van der Waals surface area contributed by atoms with Gasteiger partial charge in [-0.3, -0.25) is 0 Å². The van der Waals surface area contributed by atoms with Crippen LogP contribution in [0.1, 0.15) is 39.7 Å². The second-order valence-electron chi connectivity index (χ2n) is 6.05. The van der Waals surface area contributed by atoms with Gasteiger partial charge in [-0.05, 0) is 24.3 Å². The summed E-state index contributed by atoms with van der Waals surface area (Å²) in [6.45, 7) is 8.79. The fourth-order valence-electron chi connectivity index (χ4n) is 2.45. The summed E-state index contributed by atoms with van der Waals surface area (Å²) in [6, 6.07) is 10.7. The van der Waals surface area contributed by atoms with Gasteiger partial charge in [0, 0.05) is 18.3 Å². The minimum atomic E-state index is -2.87. The Morgan fingerprint density at radius 1 is 1.20 bits per heavy atom. The van der Waals surface area contributed by atoms with E-state index in [2.05, 4.69) is 50.4 Å². The number of hydrogen-bond donors (Lipinski definition) is 1. The van der Waals surface area contributed by atoms with Crippen molar-refractivity contribution in [1.29, 1.82) is 0 Å². The number of benzene rings is 1. The van der Waals surface area contributed by atoms with Gasteiger partial charge >= 0.3 is 0 Å². The molecule has 1 unspecified atom stereocenters. The lowest BCUT2D eigenvalue weighted by atomic mass is 9.79. The van der Waals surface area contributed by atoms with Gasteiger partial charge in [-0.1, -0.05) is 51.1 Å². The standard InChI is InChI=1S/C16H27NO2S/c1-5-20(18,19)12-11-17-14(2)13-16(3,4)15-9-7-6-8-10-15/h6-10,14,17H,5,11-13H2,1-4H3. The highest BCUT2D eigenvalue weighted by molar-refractivity contribution is 7.91. The molecule has 0 aliphatic heterocycles. The molecule has 0 aliphatic carbocycles. The Morgan fingerprint density at radius 3 is 2.35 bits per heavy atom. The summed E-state index contributed by atoms with van der Waals surface area (Å²) in [7, 11) is -2.87. The normalized spacial score (nSPS) is 14.2. The van der Waals surface area contributed by atoms with E-state index in [0.717, 1.165) is 6.42 Å². The van der Waals surface area contributed by atoms with Crippen molar-refractivity contribution < 1.29 is 8.42 Å².